The lowest BCUT2D eigenvalue weighted by Crippen LogP contribution is -2.37. The zero-order chi connectivity index (χ0) is 19.1. The highest BCUT2D eigenvalue weighted by Crippen LogP contribution is 2.40. The molecule has 0 amide bonds. The van der Waals surface area contributed by atoms with Gasteiger partial charge < -0.3 is 4.43 Å². The Morgan fingerprint density at radius 2 is 1.56 bits per heavy atom. The van der Waals surface area contributed by atoms with Gasteiger partial charge in [0.15, 0.2) is 8.32 Å². The molecule has 1 aromatic heterocycles. The van der Waals surface area contributed by atoms with Gasteiger partial charge in [0, 0.05) is 18.0 Å². The molecular weight excluding hydrogens is 369 g/mol. The number of halogens is 2. The number of hydrogen-bond acceptors (Lipinski definition) is 2. The summed E-state index contributed by atoms with van der Waals surface area (Å²) < 4.78 is 6.82. The van der Waals surface area contributed by atoms with Gasteiger partial charge in [-0.2, -0.15) is 0 Å². The maximum atomic E-state index is 6.82. The minimum absolute atomic E-state index is 0.0258. The summed E-state index contributed by atoms with van der Waals surface area (Å²) in [5.74, 6) is 0. The molecule has 2 nitrogen and oxygen atoms in total. The summed E-state index contributed by atoms with van der Waals surface area (Å²) in [5, 5.41) is 1.25. The molecule has 0 aliphatic rings. The minimum Gasteiger partial charge on any atom is -0.410 e. The van der Waals surface area contributed by atoms with Crippen LogP contribution in [0.15, 0.2) is 12.4 Å². The highest BCUT2D eigenvalue weighted by molar-refractivity contribution is 6.73. The van der Waals surface area contributed by atoms with Gasteiger partial charge in [0.2, 0.25) is 0 Å². The van der Waals surface area contributed by atoms with Crippen LogP contribution < -0.4 is 0 Å². The summed E-state index contributed by atoms with van der Waals surface area (Å²) in [6, 6.07) is 3.37. The first kappa shape index (κ1) is 22.9. The number of aromatic nitrogens is 1. The highest BCUT2D eigenvalue weighted by atomic mass is 35.5. The monoisotopic (exact) mass is 403 g/mol. The zero-order valence-corrected chi connectivity index (χ0v) is 19.3. The molecule has 0 aliphatic heterocycles. The predicted molar refractivity (Wildman–Crippen MR) is 113 cm³/mol. The van der Waals surface area contributed by atoms with Gasteiger partial charge >= 0.3 is 0 Å². The van der Waals surface area contributed by atoms with Gasteiger partial charge in [-0.3, -0.25) is 4.98 Å². The average molecular weight is 404 g/mol. The Bertz CT molecular complexity index is 504. The van der Waals surface area contributed by atoms with Crippen LogP contribution in [0.1, 0.15) is 78.9 Å². The highest BCUT2D eigenvalue weighted by Gasteiger charge is 2.34. The maximum absolute atomic E-state index is 6.82. The van der Waals surface area contributed by atoms with Gasteiger partial charge in [-0.25, -0.2) is 0 Å². The van der Waals surface area contributed by atoms with E-state index in [0.717, 1.165) is 36.5 Å². The Morgan fingerprint density at radius 1 is 1.04 bits per heavy atom. The molecule has 1 atom stereocenters. The summed E-state index contributed by atoms with van der Waals surface area (Å²) >= 11 is 12.9. The fourth-order valence-electron chi connectivity index (χ4n) is 3.24. The summed E-state index contributed by atoms with van der Waals surface area (Å²) in [6.45, 7) is 13.7. The molecule has 1 unspecified atom stereocenters. The largest absolute Gasteiger partial charge is 0.410 e. The molecule has 1 heterocycles. The number of hydrogen-bond donors (Lipinski definition) is 0. The second kappa shape index (κ2) is 10.3. The van der Waals surface area contributed by atoms with Crippen LogP contribution in [-0.4, -0.2) is 13.3 Å². The second-order valence-electron chi connectivity index (χ2n) is 7.78. The SMILES string of the molecule is CCC(C)(C)CCCC(O[Si](CC)(CC)CC)c1c(Cl)cncc1Cl. The van der Waals surface area contributed by atoms with Gasteiger partial charge in [-0.1, -0.05) is 77.6 Å². The van der Waals surface area contributed by atoms with E-state index in [1.165, 1.54) is 12.8 Å². The molecule has 0 N–H and O–H groups in total. The Balaban J connectivity index is 3.06. The molecule has 0 fully saturated rings. The van der Waals surface area contributed by atoms with Crippen LogP contribution in [0.4, 0.5) is 0 Å². The fraction of sp³-hybridized carbons (Fsp3) is 0.750. The number of pyridine rings is 1. The Morgan fingerprint density at radius 3 is 2.00 bits per heavy atom. The average Bonchev–Trinajstić information content (AvgIpc) is 2.59. The van der Waals surface area contributed by atoms with E-state index in [1.807, 2.05) is 0 Å². The van der Waals surface area contributed by atoms with Crippen LogP contribution in [0, 0.1) is 5.41 Å². The van der Waals surface area contributed by atoms with Crippen molar-refractivity contribution in [1.29, 1.82) is 0 Å². The lowest BCUT2D eigenvalue weighted by atomic mass is 9.84. The van der Waals surface area contributed by atoms with Gasteiger partial charge in [0.1, 0.15) is 0 Å². The van der Waals surface area contributed by atoms with E-state index in [9.17, 15) is 0 Å². The Kier molecular flexibility index (Phi) is 9.45. The molecule has 0 spiro atoms. The van der Waals surface area contributed by atoms with E-state index in [1.54, 1.807) is 12.4 Å². The smallest absolute Gasteiger partial charge is 0.192 e. The van der Waals surface area contributed by atoms with Crippen molar-refractivity contribution >= 4 is 31.5 Å². The standard InChI is InChI=1S/C20H35Cl2NOSi/c1-7-20(5,6)13-11-12-18(24-25(8-2,9-3)10-4)19-16(21)14-23-15-17(19)22/h14-15,18H,7-13H2,1-6H3. The molecule has 0 aromatic carbocycles. The summed E-state index contributed by atoms with van der Waals surface area (Å²) in [7, 11) is -1.75. The molecule has 1 rings (SSSR count). The molecule has 0 saturated carbocycles. The Hall–Kier alpha value is -0.0931. The van der Waals surface area contributed by atoms with Crippen molar-refractivity contribution in [2.24, 2.45) is 5.41 Å². The van der Waals surface area contributed by atoms with Crippen molar-refractivity contribution in [3.63, 3.8) is 0 Å². The zero-order valence-electron chi connectivity index (χ0n) is 16.8. The van der Waals surface area contributed by atoms with Crippen molar-refractivity contribution in [1.82, 2.24) is 4.98 Å². The summed E-state index contributed by atoms with van der Waals surface area (Å²) in [5.41, 5.74) is 1.30. The van der Waals surface area contributed by atoms with Crippen molar-refractivity contribution < 1.29 is 4.43 Å². The molecule has 0 bridgehead atoms. The van der Waals surface area contributed by atoms with Gasteiger partial charge in [0.25, 0.3) is 0 Å². The first-order valence-electron chi connectivity index (χ1n) is 9.70. The lowest BCUT2D eigenvalue weighted by Gasteiger charge is -2.34. The van der Waals surface area contributed by atoms with Gasteiger partial charge in [-0.15, -0.1) is 0 Å². The van der Waals surface area contributed by atoms with E-state index >= 15 is 0 Å². The third-order valence-corrected chi connectivity index (χ3v) is 11.1. The molecule has 144 valence electrons. The molecule has 0 saturated heterocycles. The van der Waals surface area contributed by atoms with Crippen LogP contribution in [0.3, 0.4) is 0 Å². The number of rotatable bonds is 11. The van der Waals surface area contributed by atoms with Crippen LogP contribution in [0.25, 0.3) is 0 Å². The molecule has 5 heteroatoms. The van der Waals surface area contributed by atoms with Gasteiger partial charge in [0.05, 0.1) is 16.1 Å². The van der Waals surface area contributed by atoms with E-state index in [2.05, 4.69) is 46.5 Å². The molecular formula is C20H35Cl2NOSi. The van der Waals surface area contributed by atoms with E-state index < -0.39 is 8.32 Å². The van der Waals surface area contributed by atoms with E-state index in [-0.39, 0.29) is 6.10 Å². The molecule has 0 aliphatic carbocycles. The van der Waals surface area contributed by atoms with Crippen LogP contribution >= 0.6 is 23.2 Å². The third-order valence-electron chi connectivity index (χ3n) is 5.81. The first-order valence-corrected chi connectivity index (χ1v) is 13.0. The van der Waals surface area contributed by atoms with Crippen LogP contribution in [0.2, 0.25) is 28.2 Å². The normalized spacial score (nSPS) is 13.9. The molecule has 0 radical (unpaired) electrons. The summed E-state index contributed by atoms with van der Waals surface area (Å²) in [4.78, 5) is 4.11. The van der Waals surface area contributed by atoms with E-state index in [4.69, 9.17) is 27.6 Å². The topological polar surface area (TPSA) is 22.1 Å². The lowest BCUT2D eigenvalue weighted by molar-refractivity contribution is 0.167. The molecule has 25 heavy (non-hydrogen) atoms. The molecule has 1 aromatic rings. The van der Waals surface area contributed by atoms with Crippen molar-refractivity contribution in [2.45, 2.75) is 91.5 Å². The van der Waals surface area contributed by atoms with Crippen molar-refractivity contribution in [3.05, 3.63) is 28.0 Å². The van der Waals surface area contributed by atoms with Gasteiger partial charge in [-0.05, 0) is 36.4 Å². The Labute approximate surface area is 165 Å². The second-order valence-corrected chi connectivity index (χ2v) is 13.3. The van der Waals surface area contributed by atoms with Crippen LogP contribution in [-0.2, 0) is 4.43 Å². The number of nitrogens with zero attached hydrogens (tertiary/aromatic N) is 1. The minimum atomic E-state index is -1.75. The quantitative estimate of drug-likeness (QED) is 0.348. The van der Waals surface area contributed by atoms with Crippen molar-refractivity contribution in [2.75, 3.05) is 0 Å². The van der Waals surface area contributed by atoms with Crippen LogP contribution in [0.5, 0.6) is 0 Å². The van der Waals surface area contributed by atoms with Crippen molar-refractivity contribution in [3.8, 4) is 0 Å². The fourth-order valence-corrected chi connectivity index (χ4v) is 6.68. The van der Waals surface area contributed by atoms with E-state index in [0.29, 0.717) is 15.5 Å². The first-order chi connectivity index (χ1) is 11.7. The maximum Gasteiger partial charge on any atom is 0.192 e. The summed E-state index contributed by atoms with van der Waals surface area (Å²) in [6.07, 6.45) is 7.78. The third kappa shape index (κ3) is 6.53. The predicted octanol–water partition coefficient (Wildman–Crippen LogP) is 8.06.